The van der Waals surface area contributed by atoms with Gasteiger partial charge in [0.15, 0.2) is 0 Å². The van der Waals surface area contributed by atoms with Crippen LogP contribution < -0.4 is 5.59 Å². The predicted octanol–water partition coefficient (Wildman–Crippen LogP) is 2.72. The molecule has 110 valence electrons. The molecule has 0 N–H and O–H groups in total. The summed E-state index contributed by atoms with van der Waals surface area (Å²) >= 11 is 0. The molecule has 2 heterocycles. The Hall–Kier alpha value is -0.935. The molecule has 2 rings (SSSR count). The van der Waals surface area contributed by atoms with Gasteiger partial charge in [-0.15, -0.1) is 0 Å². The first kappa shape index (κ1) is 15.5. The zero-order valence-electron chi connectivity index (χ0n) is 13.2. The quantitative estimate of drug-likeness (QED) is 0.797. The van der Waals surface area contributed by atoms with E-state index in [1.165, 1.54) is 0 Å². The van der Waals surface area contributed by atoms with Crippen molar-refractivity contribution in [1.29, 1.82) is 0 Å². The van der Waals surface area contributed by atoms with Gasteiger partial charge < -0.3 is 9.31 Å². The molecule has 1 aromatic rings. The SMILES string of the molecule is CC(C)Cc1ccnc(B2OC(C)(C)C(C)(C)O2)c1F. The third kappa shape index (κ3) is 2.74. The van der Waals surface area contributed by atoms with Gasteiger partial charge in [-0.2, -0.15) is 0 Å². The highest BCUT2D eigenvalue weighted by Gasteiger charge is 2.53. The summed E-state index contributed by atoms with van der Waals surface area (Å²) in [5.41, 5.74) is -0.0545. The number of hydrogen-bond acceptors (Lipinski definition) is 3. The molecular formula is C15H23BFNO2. The molecule has 1 aliphatic heterocycles. The summed E-state index contributed by atoms with van der Waals surface area (Å²) in [5, 5.41) is 0. The molecule has 0 saturated carbocycles. The van der Waals surface area contributed by atoms with Crippen molar-refractivity contribution >= 4 is 12.7 Å². The zero-order chi connectivity index (χ0) is 15.1. The Morgan fingerprint density at radius 2 is 1.75 bits per heavy atom. The van der Waals surface area contributed by atoms with Gasteiger partial charge in [0.05, 0.1) is 11.2 Å². The van der Waals surface area contributed by atoms with E-state index in [0.29, 0.717) is 17.9 Å². The van der Waals surface area contributed by atoms with Crippen LogP contribution in [0, 0.1) is 11.7 Å². The summed E-state index contributed by atoms with van der Waals surface area (Å²) in [4.78, 5) is 4.13. The number of halogens is 1. The van der Waals surface area contributed by atoms with E-state index in [1.807, 2.05) is 27.7 Å². The van der Waals surface area contributed by atoms with Crippen molar-refractivity contribution in [2.45, 2.75) is 59.2 Å². The largest absolute Gasteiger partial charge is 0.517 e. The van der Waals surface area contributed by atoms with Crippen molar-refractivity contribution in [3.8, 4) is 0 Å². The van der Waals surface area contributed by atoms with Gasteiger partial charge in [0.25, 0.3) is 0 Å². The summed E-state index contributed by atoms with van der Waals surface area (Å²) in [5.74, 6) is 0.0812. The molecule has 0 spiro atoms. The lowest BCUT2D eigenvalue weighted by atomic mass is 9.82. The van der Waals surface area contributed by atoms with Crippen LogP contribution in [0.1, 0.15) is 47.1 Å². The topological polar surface area (TPSA) is 31.4 Å². The molecule has 0 aliphatic carbocycles. The second kappa shape index (κ2) is 5.12. The average molecular weight is 279 g/mol. The fourth-order valence-electron chi connectivity index (χ4n) is 2.22. The lowest BCUT2D eigenvalue weighted by Gasteiger charge is -2.32. The molecule has 3 nitrogen and oxygen atoms in total. The Morgan fingerprint density at radius 3 is 2.25 bits per heavy atom. The maximum Gasteiger partial charge on any atom is 0.517 e. The first-order valence-electron chi connectivity index (χ1n) is 7.13. The van der Waals surface area contributed by atoms with Crippen LogP contribution in [-0.4, -0.2) is 23.3 Å². The van der Waals surface area contributed by atoms with Crippen molar-refractivity contribution in [3.05, 3.63) is 23.6 Å². The monoisotopic (exact) mass is 279 g/mol. The van der Waals surface area contributed by atoms with Gasteiger partial charge in [-0.1, -0.05) is 13.8 Å². The van der Waals surface area contributed by atoms with Crippen molar-refractivity contribution in [1.82, 2.24) is 4.98 Å². The number of rotatable bonds is 3. The number of aromatic nitrogens is 1. The molecule has 0 atom stereocenters. The van der Waals surface area contributed by atoms with Gasteiger partial charge in [-0.25, -0.2) is 4.39 Å². The van der Waals surface area contributed by atoms with Crippen molar-refractivity contribution in [2.75, 3.05) is 0 Å². The lowest BCUT2D eigenvalue weighted by Crippen LogP contribution is -2.41. The molecule has 0 radical (unpaired) electrons. The van der Waals surface area contributed by atoms with Gasteiger partial charge in [-0.3, -0.25) is 4.98 Å². The van der Waals surface area contributed by atoms with Crippen molar-refractivity contribution < 1.29 is 13.7 Å². The summed E-state index contributed by atoms with van der Waals surface area (Å²) < 4.78 is 26.3. The molecule has 20 heavy (non-hydrogen) atoms. The zero-order valence-corrected chi connectivity index (χ0v) is 13.2. The highest BCUT2D eigenvalue weighted by molar-refractivity contribution is 6.61. The summed E-state index contributed by atoms with van der Waals surface area (Å²) in [6, 6.07) is 1.73. The molecule has 1 saturated heterocycles. The molecule has 1 fully saturated rings. The average Bonchev–Trinajstić information content (AvgIpc) is 2.50. The summed E-state index contributed by atoms with van der Waals surface area (Å²) in [6.45, 7) is 11.9. The minimum atomic E-state index is -0.743. The smallest absolute Gasteiger partial charge is 0.398 e. The first-order valence-corrected chi connectivity index (χ1v) is 7.13. The summed E-state index contributed by atoms with van der Waals surface area (Å²) in [6.07, 6.45) is 2.31. The van der Waals surface area contributed by atoms with Crippen LogP contribution in [0.3, 0.4) is 0 Å². The van der Waals surface area contributed by atoms with Gasteiger partial charge >= 0.3 is 7.12 Å². The van der Waals surface area contributed by atoms with E-state index in [2.05, 4.69) is 18.8 Å². The molecule has 1 aromatic heterocycles. The van der Waals surface area contributed by atoms with Crippen LogP contribution in [0.25, 0.3) is 0 Å². The molecule has 1 aliphatic rings. The number of hydrogen-bond donors (Lipinski definition) is 0. The standard InChI is InChI=1S/C15H23BFNO2/c1-10(2)9-11-7-8-18-13(12(11)17)16-19-14(3,4)15(5,6)20-16/h7-8,10H,9H2,1-6H3. The van der Waals surface area contributed by atoms with Crippen LogP contribution in [0.15, 0.2) is 12.3 Å². The Kier molecular flexibility index (Phi) is 3.95. The van der Waals surface area contributed by atoms with Gasteiger partial charge in [-0.05, 0) is 51.7 Å². The first-order chi connectivity index (χ1) is 9.14. The Bertz CT molecular complexity index is 487. The lowest BCUT2D eigenvalue weighted by molar-refractivity contribution is 0.00578. The van der Waals surface area contributed by atoms with Crippen LogP contribution in [0.2, 0.25) is 0 Å². The maximum absolute atomic E-state index is 14.6. The van der Waals surface area contributed by atoms with Crippen molar-refractivity contribution in [2.24, 2.45) is 5.92 Å². The van der Waals surface area contributed by atoms with Gasteiger partial charge in [0.1, 0.15) is 11.4 Å². The molecule has 5 heteroatoms. The normalized spacial score (nSPS) is 20.7. The highest BCUT2D eigenvalue weighted by atomic mass is 19.1. The Balaban J connectivity index is 2.31. The highest BCUT2D eigenvalue weighted by Crippen LogP contribution is 2.36. The fraction of sp³-hybridized carbons (Fsp3) is 0.667. The van der Waals surface area contributed by atoms with Crippen LogP contribution in [0.4, 0.5) is 4.39 Å². The van der Waals surface area contributed by atoms with E-state index in [0.717, 1.165) is 0 Å². The second-order valence-corrected chi connectivity index (χ2v) is 6.86. The van der Waals surface area contributed by atoms with E-state index in [9.17, 15) is 4.39 Å². The number of pyridine rings is 1. The van der Waals surface area contributed by atoms with Gasteiger partial charge in [0.2, 0.25) is 0 Å². The Labute approximate surface area is 121 Å². The second-order valence-electron chi connectivity index (χ2n) is 6.86. The fourth-order valence-corrected chi connectivity index (χ4v) is 2.22. The number of nitrogens with zero attached hydrogens (tertiary/aromatic N) is 1. The van der Waals surface area contributed by atoms with E-state index >= 15 is 0 Å². The maximum atomic E-state index is 14.6. The van der Waals surface area contributed by atoms with Crippen LogP contribution in [0.5, 0.6) is 0 Å². The van der Waals surface area contributed by atoms with E-state index in [-0.39, 0.29) is 11.4 Å². The van der Waals surface area contributed by atoms with Crippen molar-refractivity contribution in [3.63, 3.8) is 0 Å². The predicted molar refractivity (Wildman–Crippen MR) is 78.5 cm³/mol. The van der Waals surface area contributed by atoms with Crippen LogP contribution >= 0.6 is 0 Å². The van der Waals surface area contributed by atoms with E-state index in [1.54, 1.807) is 12.3 Å². The molecule has 0 bridgehead atoms. The van der Waals surface area contributed by atoms with Gasteiger partial charge in [0, 0.05) is 6.20 Å². The molecule has 0 unspecified atom stereocenters. The summed E-state index contributed by atoms with van der Waals surface area (Å²) in [7, 11) is -0.743. The molecular weight excluding hydrogens is 256 g/mol. The minimum Gasteiger partial charge on any atom is -0.398 e. The van der Waals surface area contributed by atoms with E-state index < -0.39 is 18.3 Å². The minimum absolute atomic E-state index is 0.252. The molecule has 0 aromatic carbocycles. The third-order valence-corrected chi connectivity index (χ3v) is 4.10. The Morgan fingerprint density at radius 1 is 1.20 bits per heavy atom. The van der Waals surface area contributed by atoms with Crippen LogP contribution in [-0.2, 0) is 15.7 Å². The molecule has 0 amide bonds. The third-order valence-electron chi connectivity index (χ3n) is 4.10. The van der Waals surface area contributed by atoms with E-state index in [4.69, 9.17) is 9.31 Å².